The number of rotatable bonds is 5. The third-order valence-electron chi connectivity index (χ3n) is 5.29. The van der Waals surface area contributed by atoms with E-state index in [9.17, 15) is 14.0 Å². The maximum atomic E-state index is 13.4. The maximum Gasteiger partial charge on any atom is 0.251 e. The third-order valence-corrected chi connectivity index (χ3v) is 5.51. The first-order chi connectivity index (χ1) is 12.3. The van der Waals surface area contributed by atoms with Gasteiger partial charge in [0.2, 0.25) is 5.91 Å². The second-order valence-corrected chi connectivity index (χ2v) is 8.19. The summed E-state index contributed by atoms with van der Waals surface area (Å²) in [6.07, 6.45) is 2.85. The van der Waals surface area contributed by atoms with Gasteiger partial charge >= 0.3 is 0 Å². The maximum absolute atomic E-state index is 13.4. The number of benzene rings is 1. The summed E-state index contributed by atoms with van der Waals surface area (Å²) in [7, 11) is 0. The van der Waals surface area contributed by atoms with E-state index in [2.05, 4.69) is 15.5 Å². The van der Waals surface area contributed by atoms with Gasteiger partial charge in [0.05, 0.1) is 6.54 Å². The normalized spacial score (nSPS) is 21.7. The highest BCUT2D eigenvalue weighted by molar-refractivity contribution is 6.31. The van der Waals surface area contributed by atoms with Crippen LogP contribution in [0.4, 0.5) is 4.39 Å². The first-order valence-electron chi connectivity index (χ1n) is 9.06. The van der Waals surface area contributed by atoms with Gasteiger partial charge in [0.1, 0.15) is 5.82 Å². The Hall–Kier alpha value is -1.66. The van der Waals surface area contributed by atoms with E-state index < -0.39 is 5.82 Å². The van der Waals surface area contributed by atoms with Crippen LogP contribution in [0.2, 0.25) is 5.02 Å². The van der Waals surface area contributed by atoms with Crippen molar-refractivity contribution in [3.8, 4) is 0 Å². The number of carbonyl (C=O) groups excluding carboxylic acids is 2. The van der Waals surface area contributed by atoms with Crippen molar-refractivity contribution in [3.05, 3.63) is 34.6 Å². The van der Waals surface area contributed by atoms with Gasteiger partial charge in [-0.2, -0.15) is 0 Å². The van der Waals surface area contributed by atoms with Gasteiger partial charge in [-0.15, -0.1) is 0 Å². The average Bonchev–Trinajstić information content (AvgIpc) is 3.19. The summed E-state index contributed by atoms with van der Waals surface area (Å²) in [5.41, 5.74) is 0.373. The predicted octanol–water partition coefficient (Wildman–Crippen LogP) is 2.59. The van der Waals surface area contributed by atoms with Crippen LogP contribution in [0.25, 0.3) is 0 Å². The summed E-state index contributed by atoms with van der Waals surface area (Å²) in [5, 5.41) is 6.13. The van der Waals surface area contributed by atoms with E-state index in [0.29, 0.717) is 6.54 Å². The molecule has 1 saturated carbocycles. The van der Waals surface area contributed by atoms with Crippen LogP contribution < -0.4 is 10.6 Å². The van der Waals surface area contributed by atoms with E-state index in [4.69, 9.17) is 11.6 Å². The zero-order chi connectivity index (χ0) is 18.9. The number of carbonyl (C=O) groups is 2. The van der Waals surface area contributed by atoms with Crippen molar-refractivity contribution in [1.82, 2.24) is 15.5 Å². The zero-order valence-electron chi connectivity index (χ0n) is 15.1. The molecule has 1 spiro atoms. The van der Waals surface area contributed by atoms with Crippen molar-refractivity contribution in [3.63, 3.8) is 0 Å². The molecular formula is C19H25ClFN3O2. The standard InChI is InChI=1S/C19H25ClFN3O2/c1-12(2)22-17(25)11-24-5-3-19(4-6-24)10-16(19)23-18(26)13-7-14(20)9-15(21)8-13/h7-9,12,16H,3-6,10-11H2,1-2H3,(H,22,25)(H,23,26)/t16-/m0/s1. The van der Waals surface area contributed by atoms with Crippen molar-refractivity contribution >= 4 is 23.4 Å². The molecule has 2 amide bonds. The number of likely N-dealkylation sites (tertiary alicyclic amines) is 1. The summed E-state index contributed by atoms with van der Waals surface area (Å²) in [5.74, 6) is -0.743. The molecule has 3 rings (SSSR count). The monoisotopic (exact) mass is 381 g/mol. The first-order valence-corrected chi connectivity index (χ1v) is 9.44. The molecule has 2 N–H and O–H groups in total. The Labute approximate surface area is 158 Å². The highest BCUT2D eigenvalue weighted by atomic mass is 35.5. The Morgan fingerprint density at radius 2 is 2.00 bits per heavy atom. The Bertz CT molecular complexity index is 682. The second kappa shape index (κ2) is 7.53. The van der Waals surface area contributed by atoms with Crippen LogP contribution in [-0.2, 0) is 4.79 Å². The highest BCUT2D eigenvalue weighted by Crippen LogP contribution is 2.53. The summed E-state index contributed by atoms with van der Waals surface area (Å²) >= 11 is 5.82. The largest absolute Gasteiger partial charge is 0.353 e. The van der Waals surface area contributed by atoms with Crippen LogP contribution in [0.5, 0.6) is 0 Å². The minimum atomic E-state index is -0.513. The van der Waals surface area contributed by atoms with Crippen molar-refractivity contribution < 1.29 is 14.0 Å². The summed E-state index contributed by atoms with van der Waals surface area (Å²) in [6.45, 7) is 6.03. The fraction of sp³-hybridized carbons (Fsp3) is 0.579. The van der Waals surface area contributed by atoms with Crippen LogP contribution in [-0.4, -0.2) is 48.4 Å². The molecular weight excluding hydrogens is 357 g/mol. The van der Waals surface area contributed by atoms with Crippen molar-refractivity contribution in [2.75, 3.05) is 19.6 Å². The molecule has 2 aliphatic rings. The molecule has 1 aromatic rings. The molecule has 1 aliphatic carbocycles. The van der Waals surface area contributed by atoms with Gasteiger partial charge in [0.25, 0.3) is 5.91 Å². The van der Waals surface area contributed by atoms with E-state index in [1.165, 1.54) is 18.2 Å². The molecule has 1 aliphatic heterocycles. The summed E-state index contributed by atoms with van der Waals surface area (Å²) in [4.78, 5) is 26.4. The molecule has 0 bridgehead atoms. The van der Waals surface area contributed by atoms with Gasteiger partial charge in [0, 0.05) is 22.7 Å². The van der Waals surface area contributed by atoms with Gasteiger partial charge < -0.3 is 10.6 Å². The molecule has 7 heteroatoms. The lowest BCUT2D eigenvalue weighted by atomic mass is 9.92. The van der Waals surface area contributed by atoms with Crippen molar-refractivity contribution in [2.45, 2.75) is 45.2 Å². The Morgan fingerprint density at radius 1 is 1.31 bits per heavy atom. The summed E-state index contributed by atoms with van der Waals surface area (Å²) in [6, 6.07) is 4.13. The number of nitrogens with zero attached hydrogens (tertiary/aromatic N) is 1. The molecule has 1 atom stereocenters. The van der Waals surface area contributed by atoms with Crippen LogP contribution in [0.15, 0.2) is 18.2 Å². The lowest BCUT2D eigenvalue weighted by molar-refractivity contribution is -0.123. The Morgan fingerprint density at radius 3 is 2.62 bits per heavy atom. The SMILES string of the molecule is CC(C)NC(=O)CN1CCC2(CC1)C[C@@H]2NC(=O)c1cc(F)cc(Cl)c1. The van der Waals surface area contributed by atoms with E-state index >= 15 is 0 Å². The van der Waals surface area contributed by atoms with Crippen LogP contribution in [0.1, 0.15) is 43.5 Å². The molecule has 0 unspecified atom stereocenters. The molecule has 26 heavy (non-hydrogen) atoms. The molecule has 5 nitrogen and oxygen atoms in total. The van der Waals surface area contributed by atoms with Crippen LogP contribution >= 0.6 is 11.6 Å². The molecule has 142 valence electrons. The number of nitrogens with one attached hydrogen (secondary N) is 2. The van der Waals surface area contributed by atoms with E-state index in [1.54, 1.807) is 0 Å². The highest BCUT2D eigenvalue weighted by Gasteiger charge is 2.55. The molecule has 2 fully saturated rings. The third kappa shape index (κ3) is 4.54. The van der Waals surface area contributed by atoms with Gasteiger partial charge in [-0.3, -0.25) is 14.5 Å². The zero-order valence-corrected chi connectivity index (χ0v) is 15.9. The van der Waals surface area contributed by atoms with E-state index in [0.717, 1.165) is 32.4 Å². The second-order valence-electron chi connectivity index (χ2n) is 7.75. The molecule has 0 aromatic heterocycles. The molecule has 1 aromatic carbocycles. The average molecular weight is 382 g/mol. The quantitative estimate of drug-likeness (QED) is 0.824. The molecule has 0 radical (unpaired) electrons. The number of amides is 2. The van der Waals surface area contributed by atoms with Gasteiger partial charge in [-0.1, -0.05) is 11.6 Å². The Kier molecular flexibility index (Phi) is 5.53. The minimum absolute atomic E-state index is 0.0552. The smallest absolute Gasteiger partial charge is 0.251 e. The van der Waals surface area contributed by atoms with Gasteiger partial charge in [0.15, 0.2) is 0 Å². The number of hydrogen-bond donors (Lipinski definition) is 2. The van der Waals surface area contributed by atoms with Crippen molar-refractivity contribution in [1.29, 1.82) is 0 Å². The van der Waals surface area contributed by atoms with Crippen LogP contribution in [0.3, 0.4) is 0 Å². The lowest BCUT2D eigenvalue weighted by Crippen LogP contribution is -2.44. The van der Waals surface area contributed by atoms with E-state index in [-0.39, 0.29) is 39.9 Å². The van der Waals surface area contributed by atoms with Crippen molar-refractivity contribution in [2.24, 2.45) is 5.41 Å². The van der Waals surface area contributed by atoms with Crippen LogP contribution in [0, 0.1) is 11.2 Å². The Balaban J connectivity index is 1.48. The molecule has 1 heterocycles. The first kappa shape index (κ1) is 19.1. The number of piperidine rings is 1. The topological polar surface area (TPSA) is 61.4 Å². The lowest BCUT2D eigenvalue weighted by Gasteiger charge is -2.32. The van der Waals surface area contributed by atoms with Gasteiger partial charge in [-0.25, -0.2) is 4.39 Å². The fourth-order valence-electron chi connectivity index (χ4n) is 3.76. The molecule has 1 saturated heterocycles. The minimum Gasteiger partial charge on any atom is -0.353 e. The predicted molar refractivity (Wildman–Crippen MR) is 98.7 cm³/mol. The van der Waals surface area contributed by atoms with E-state index in [1.807, 2.05) is 13.8 Å². The summed E-state index contributed by atoms with van der Waals surface area (Å²) < 4.78 is 13.4. The van der Waals surface area contributed by atoms with Gasteiger partial charge in [-0.05, 0) is 69.8 Å². The number of halogens is 2. The fourth-order valence-corrected chi connectivity index (χ4v) is 3.98. The number of hydrogen-bond acceptors (Lipinski definition) is 3.